The lowest BCUT2D eigenvalue weighted by atomic mass is 10.1. The van der Waals surface area contributed by atoms with E-state index < -0.39 is 5.25 Å². The van der Waals surface area contributed by atoms with Gasteiger partial charge in [0.1, 0.15) is 22.7 Å². The minimum absolute atomic E-state index is 0.0925. The van der Waals surface area contributed by atoms with Crippen LogP contribution < -0.4 is 10.1 Å². The fourth-order valence-electron chi connectivity index (χ4n) is 2.53. The van der Waals surface area contributed by atoms with Gasteiger partial charge in [-0.05, 0) is 43.2 Å². The number of aliphatic imine (C=N–C) groups is 1. The fraction of sp³-hybridized carbons (Fsp3) is 0.250. The average molecular weight is 368 g/mol. The van der Waals surface area contributed by atoms with Crippen LogP contribution in [0.25, 0.3) is 0 Å². The molecule has 1 aliphatic heterocycles. The number of carbonyl (C=O) groups is 2. The highest BCUT2D eigenvalue weighted by atomic mass is 32.2. The van der Waals surface area contributed by atoms with Crippen LogP contribution in [0.1, 0.15) is 17.5 Å². The molecule has 0 saturated heterocycles. The van der Waals surface area contributed by atoms with Gasteiger partial charge in [0.05, 0.1) is 0 Å². The van der Waals surface area contributed by atoms with E-state index in [2.05, 4.69) is 10.3 Å². The molecule has 0 aliphatic carbocycles. The Morgan fingerprint density at radius 2 is 1.96 bits per heavy atom. The van der Waals surface area contributed by atoms with Crippen LogP contribution >= 0.6 is 11.8 Å². The molecule has 1 heterocycles. The highest BCUT2D eigenvalue weighted by Gasteiger charge is 2.30. The van der Waals surface area contributed by atoms with Crippen molar-refractivity contribution in [2.45, 2.75) is 25.5 Å². The van der Waals surface area contributed by atoms with Crippen molar-refractivity contribution in [1.82, 2.24) is 0 Å². The van der Waals surface area contributed by atoms with E-state index in [1.54, 1.807) is 0 Å². The molecule has 1 aliphatic rings. The van der Waals surface area contributed by atoms with E-state index in [1.807, 2.05) is 62.4 Å². The zero-order valence-electron chi connectivity index (χ0n) is 14.7. The topological polar surface area (TPSA) is 67.8 Å². The zero-order chi connectivity index (χ0) is 18.5. The van der Waals surface area contributed by atoms with Crippen LogP contribution in [0.4, 0.5) is 5.69 Å². The highest BCUT2D eigenvalue weighted by Crippen LogP contribution is 2.26. The summed E-state index contributed by atoms with van der Waals surface area (Å²) in [6, 6.07) is 15.2. The van der Waals surface area contributed by atoms with Gasteiger partial charge >= 0.3 is 0 Å². The van der Waals surface area contributed by atoms with Crippen molar-refractivity contribution >= 4 is 34.3 Å². The third-order valence-corrected chi connectivity index (χ3v) is 5.07. The summed E-state index contributed by atoms with van der Waals surface area (Å²) in [6.07, 6.45) is 0.0925. The molecule has 0 fully saturated rings. The summed E-state index contributed by atoms with van der Waals surface area (Å²) in [7, 11) is 0. The first-order chi connectivity index (χ1) is 12.5. The number of hydrogen-bond acceptors (Lipinski definition) is 4. The number of ether oxygens (including phenoxy) is 1. The number of para-hydroxylation sites is 1. The van der Waals surface area contributed by atoms with Crippen LogP contribution in [-0.4, -0.2) is 28.7 Å². The Morgan fingerprint density at radius 3 is 2.73 bits per heavy atom. The van der Waals surface area contributed by atoms with Gasteiger partial charge in [0.25, 0.3) is 5.91 Å². The standard InChI is InChI=1S/C20H20N2O3S/c1-13-8-9-14(2)16(10-13)21-18(23)11-17-20(24)22-19(26-17)12-25-15-6-4-3-5-7-15/h3-10,17H,11-12H2,1-2H3,(H,21,23)/t17-/m1/s1. The lowest BCUT2D eigenvalue weighted by Crippen LogP contribution is -2.22. The number of anilines is 1. The number of aryl methyl sites for hydroxylation is 2. The van der Waals surface area contributed by atoms with E-state index in [9.17, 15) is 9.59 Å². The molecule has 0 unspecified atom stereocenters. The van der Waals surface area contributed by atoms with Crippen molar-refractivity contribution in [2.75, 3.05) is 11.9 Å². The number of benzene rings is 2. The minimum Gasteiger partial charge on any atom is -0.487 e. The van der Waals surface area contributed by atoms with Gasteiger partial charge in [-0.15, -0.1) is 0 Å². The zero-order valence-corrected chi connectivity index (χ0v) is 15.5. The van der Waals surface area contributed by atoms with E-state index >= 15 is 0 Å². The largest absolute Gasteiger partial charge is 0.487 e. The molecule has 0 aromatic heterocycles. The van der Waals surface area contributed by atoms with Crippen molar-refractivity contribution in [3.63, 3.8) is 0 Å². The Hall–Kier alpha value is -2.60. The lowest BCUT2D eigenvalue weighted by molar-refractivity contribution is -0.121. The van der Waals surface area contributed by atoms with Gasteiger partial charge in [0.2, 0.25) is 5.91 Å². The van der Waals surface area contributed by atoms with Crippen molar-refractivity contribution in [3.8, 4) is 5.75 Å². The number of hydrogen-bond donors (Lipinski definition) is 1. The summed E-state index contributed by atoms with van der Waals surface area (Å²) in [4.78, 5) is 28.4. The fourth-order valence-corrected chi connectivity index (χ4v) is 3.52. The molecular weight excluding hydrogens is 348 g/mol. The van der Waals surface area contributed by atoms with Crippen LogP contribution in [-0.2, 0) is 9.59 Å². The first kappa shape index (κ1) is 18.2. The van der Waals surface area contributed by atoms with Crippen molar-refractivity contribution in [2.24, 2.45) is 4.99 Å². The molecule has 0 bridgehead atoms. The van der Waals surface area contributed by atoms with Gasteiger partial charge in [-0.3, -0.25) is 9.59 Å². The summed E-state index contributed by atoms with van der Waals surface area (Å²) in [5.41, 5.74) is 2.84. The molecule has 2 amide bonds. The molecule has 6 heteroatoms. The van der Waals surface area contributed by atoms with Crippen molar-refractivity contribution in [3.05, 3.63) is 59.7 Å². The molecule has 2 aromatic carbocycles. The highest BCUT2D eigenvalue weighted by molar-refractivity contribution is 8.15. The van der Waals surface area contributed by atoms with Crippen LogP contribution in [0.5, 0.6) is 5.75 Å². The Bertz CT molecular complexity index is 849. The third-order valence-electron chi connectivity index (χ3n) is 3.93. The van der Waals surface area contributed by atoms with Crippen LogP contribution in [0.3, 0.4) is 0 Å². The maximum Gasteiger partial charge on any atom is 0.260 e. The molecule has 26 heavy (non-hydrogen) atoms. The van der Waals surface area contributed by atoms with Gasteiger partial charge in [0.15, 0.2) is 0 Å². The van der Waals surface area contributed by atoms with Gasteiger partial charge in [-0.2, -0.15) is 0 Å². The molecule has 1 N–H and O–H groups in total. The Kier molecular flexibility index (Phi) is 5.73. The Balaban J connectivity index is 1.52. The van der Waals surface area contributed by atoms with Crippen LogP contribution in [0, 0.1) is 13.8 Å². The smallest absolute Gasteiger partial charge is 0.260 e. The predicted molar refractivity (Wildman–Crippen MR) is 105 cm³/mol. The van der Waals surface area contributed by atoms with Gasteiger partial charge in [-0.25, -0.2) is 4.99 Å². The van der Waals surface area contributed by atoms with Crippen LogP contribution in [0.2, 0.25) is 0 Å². The molecule has 134 valence electrons. The summed E-state index contributed by atoms with van der Waals surface area (Å²) in [6.45, 7) is 4.14. The molecule has 5 nitrogen and oxygen atoms in total. The molecule has 0 spiro atoms. The number of nitrogens with one attached hydrogen (secondary N) is 1. The molecular formula is C20H20N2O3S. The number of carbonyl (C=O) groups excluding carboxylic acids is 2. The second-order valence-electron chi connectivity index (χ2n) is 6.12. The lowest BCUT2D eigenvalue weighted by Gasteiger charge is -2.11. The minimum atomic E-state index is -0.491. The van der Waals surface area contributed by atoms with E-state index in [-0.39, 0.29) is 24.8 Å². The predicted octanol–water partition coefficient (Wildman–Crippen LogP) is 3.75. The normalized spacial score (nSPS) is 16.3. The second-order valence-corrected chi connectivity index (χ2v) is 7.40. The SMILES string of the molecule is Cc1ccc(C)c(NC(=O)C[C@H]2SC(COc3ccccc3)=NC2=O)c1. The van der Waals surface area contributed by atoms with Crippen molar-refractivity contribution < 1.29 is 14.3 Å². The number of nitrogens with zero attached hydrogens (tertiary/aromatic N) is 1. The maximum atomic E-state index is 12.3. The summed E-state index contributed by atoms with van der Waals surface area (Å²) in [5.74, 6) is 0.252. The molecule has 0 radical (unpaired) electrons. The average Bonchev–Trinajstić information content (AvgIpc) is 2.97. The van der Waals surface area contributed by atoms with Crippen molar-refractivity contribution in [1.29, 1.82) is 0 Å². The third kappa shape index (κ3) is 4.73. The Morgan fingerprint density at radius 1 is 1.19 bits per heavy atom. The van der Waals surface area contributed by atoms with E-state index in [0.717, 1.165) is 22.6 Å². The number of amides is 2. The second kappa shape index (κ2) is 8.19. The summed E-state index contributed by atoms with van der Waals surface area (Å²) in [5, 5.41) is 2.99. The maximum absolute atomic E-state index is 12.3. The van der Waals surface area contributed by atoms with E-state index in [4.69, 9.17) is 4.74 Å². The van der Waals surface area contributed by atoms with Gasteiger partial charge in [0, 0.05) is 12.1 Å². The number of thioether (sulfide) groups is 1. The van der Waals surface area contributed by atoms with Gasteiger partial charge < -0.3 is 10.1 Å². The summed E-state index contributed by atoms with van der Waals surface area (Å²) < 4.78 is 5.61. The van der Waals surface area contributed by atoms with E-state index in [0.29, 0.717) is 5.04 Å². The van der Waals surface area contributed by atoms with Crippen LogP contribution in [0.15, 0.2) is 53.5 Å². The monoisotopic (exact) mass is 368 g/mol. The first-order valence-electron chi connectivity index (χ1n) is 8.34. The summed E-state index contributed by atoms with van der Waals surface area (Å²) >= 11 is 1.30. The molecule has 1 atom stereocenters. The molecule has 3 rings (SSSR count). The molecule has 2 aromatic rings. The molecule has 0 saturated carbocycles. The Labute approximate surface area is 156 Å². The number of rotatable bonds is 6. The van der Waals surface area contributed by atoms with E-state index in [1.165, 1.54) is 11.8 Å². The quantitative estimate of drug-likeness (QED) is 0.843. The first-order valence-corrected chi connectivity index (χ1v) is 9.22. The van der Waals surface area contributed by atoms with Gasteiger partial charge in [-0.1, -0.05) is 42.1 Å².